The monoisotopic (exact) mass is 242 g/mol. The minimum absolute atomic E-state index is 0.165. The Hall–Kier alpha value is -1.87. The highest BCUT2D eigenvalue weighted by Gasteiger charge is 2.01. The lowest BCUT2D eigenvalue weighted by Gasteiger charge is -2.09. The van der Waals surface area contributed by atoms with E-state index in [9.17, 15) is 0 Å². The Labute approximate surface area is 108 Å². The van der Waals surface area contributed by atoms with Crippen LogP contribution in [0.5, 0.6) is 0 Å². The zero-order valence-corrected chi connectivity index (χ0v) is 10.6. The van der Waals surface area contributed by atoms with Gasteiger partial charge in [-0.3, -0.25) is 0 Å². The number of pyridine rings is 1. The molecule has 3 heteroatoms. The van der Waals surface area contributed by atoms with Crippen molar-refractivity contribution in [2.75, 3.05) is 11.9 Å². The zero-order chi connectivity index (χ0) is 12.8. The summed E-state index contributed by atoms with van der Waals surface area (Å²) in [5.74, 6) is 0.903. The highest BCUT2D eigenvalue weighted by atomic mass is 16.2. The molecule has 94 valence electrons. The molecule has 0 aliphatic carbocycles. The van der Waals surface area contributed by atoms with Crippen LogP contribution in [0, 0.1) is 6.92 Å². The van der Waals surface area contributed by atoms with Crippen LogP contribution >= 0.6 is 0 Å². The van der Waals surface area contributed by atoms with Gasteiger partial charge in [-0.2, -0.15) is 0 Å². The lowest BCUT2D eigenvalue weighted by molar-refractivity contribution is 0.299. The van der Waals surface area contributed by atoms with Gasteiger partial charge in [-0.1, -0.05) is 36.4 Å². The normalized spacial score (nSPS) is 10.3. The van der Waals surface area contributed by atoms with E-state index in [2.05, 4.69) is 28.5 Å². The molecule has 0 saturated carbocycles. The van der Waals surface area contributed by atoms with Crippen molar-refractivity contribution in [3.05, 3.63) is 59.3 Å². The van der Waals surface area contributed by atoms with Gasteiger partial charge in [0.05, 0.1) is 0 Å². The molecule has 0 aliphatic rings. The second-order valence-electron chi connectivity index (χ2n) is 4.32. The minimum Gasteiger partial charge on any atom is -0.396 e. The Morgan fingerprint density at radius 2 is 1.94 bits per heavy atom. The molecule has 1 heterocycles. The predicted molar refractivity (Wildman–Crippen MR) is 73.5 cm³/mol. The summed E-state index contributed by atoms with van der Waals surface area (Å²) in [7, 11) is 0. The van der Waals surface area contributed by atoms with Gasteiger partial charge in [-0.25, -0.2) is 4.98 Å². The summed E-state index contributed by atoms with van der Waals surface area (Å²) < 4.78 is 0. The van der Waals surface area contributed by atoms with Crippen LogP contribution in [0.3, 0.4) is 0 Å². The first-order valence-electron chi connectivity index (χ1n) is 6.14. The molecule has 2 N–H and O–H groups in total. The summed E-state index contributed by atoms with van der Waals surface area (Å²) in [6.45, 7) is 2.97. The maximum Gasteiger partial charge on any atom is 0.129 e. The number of aromatic nitrogens is 1. The highest BCUT2D eigenvalue weighted by Crippen LogP contribution is 2.14. The number of aryl methyl sites for hydroxylation is 1. The third-order valence-electron chi connectivity index (χ3n) is 2.84. The quantitative estimate of drug-likeness (QED) is 0.847. The topological polar surface area (TPSA) is 45.2 Å². The molecule has 0 atom stereocenters. The second-order valence-corrected chi connectivity index (χ2v) is 4.32. The van der Waals surface area contributed by atoms with Crippen molar-refractivity contribution in [3.8, 4) is 0 Å². The fourth-order valence-corrected chi connectivity index (χ4v) is 1.87. The number of rotatable bonds is 5. The van der Waals surface area contributed by atoms with E-state index in [-0.39, 0.29) is 6.61 Å². The minimum atomic E-state index is 0.165. The van der Waals surface area contributed by atoms with Crippen LogP contribution in [-0.4, -0.2) is 16.7 Å². The molecular weight excluding hydrogens is 224 g/mol. The summed E-state index contributed by atoms with van der Waals surface area (Å²) in [5, 5.41) is 12.2. The van der Waals surface area contributed by atoms with Crippen molar-refractivity contribution in [1.82, 2.24) is 4.98 Å². The molecule has 3 nitrogen and oxygen atoms in total. The number of anilines is 1. The van der Waals surface area contributed by atoms with Crippen molar-refractivity contribution < 1.29 is 5.11 Å². The van der Waals surface area contributed by atoms with E-state index < -0.39 is 0 Å². The highest BCUT2D eigenvalue weighted by molar-refractivity contribution is 5.45. The van der Waals surface area contributed by atoms with Gasteiger partial charge in [0, 0.05) is 19.3 Å². The van der Waals surface area contributed by atoms with Gasteiger partial charge in [0.2, 0.25) is 0 Å². The van der Waals surface area contributed by atoms with E-state index in [0.29, 0.717) is 6.42 Å². The lowest BCUT2D eigenvalue weighted by atomic mass is 10.1. The van der Waals surface area contributed by atoms with Crippen LogP contribution in [-0.2, 0) is 13.0 Å². The fourth-order valence-electron chi connectivity index (χ4n) is 1.87. The molecule has 0 unspecified atom stereocenters. The largest absolute Gasteiger partial charge is 0.396 e. The van der Waals surface area contributed by atoms with Crippen molar-refractivity contribution in [3.63, 3.8) is 0 Å². The number of aliphatic hydroxyl groups is 1. The second kappa shape index (κ2) is 6.17. The van der Waals surface area contributed by atoms with Gasteiger partial charge in [0.25, 0.3) is 0 Å². The van der Waals surface area contributed by atoms with Gasteiger partial charge >= 0.3 is 0 Å². The molecule has 0 amide bonds. The summed E-state index contributed by atoms with van der Waals surface area (Å²) in [6.07, 6.45) is 2.48. The van der Waals surface area contributed by atoms with E-state index in [4.69, 9.17) is 5.11 Å². The van der Waals surface area contributed by atoms with E-state index in [0.717, 1.165) is 23.5 Å². The number of nitrogens with one attached hydrogen (secondary N) is 1. The molecular formula is C15H18N2O. The van der Waals surface area contributed by atoms with Crippen molar-refractivity contribution in [2.24, 2.45) is 0 Å². The van der Waals surface area contributed by atoms with Crippen molar-refractivity contribution in [1.29, 1.82) is 0 Å². The first-order valence-corrected chi connectivity index (χ1v) is 6.14. The van der Waals surface area contributed by atoms with Gasteiger partial charge < -0.3 is 10.4 Å². The molecule has 2 rings (SSSR count). The van der Waals surface area contributed by atoms with E-state index >= 15 is 0 Å². The van der Waals surface area contributed by atoms with Gasteiger partial charge in [-0.15, -0.1) is 0 Å². The third-order valence-corrected chi connectivity index (χ3v) is 2.84. The lowest BCUT2D eigenvalue weighted by Crippen LogP contribution is -2.04. The van der Waals surface area contributed by atoms with Crippen LogP contribution < -0.4 is 5.32 Å². The average Bonchev–Trinajstić information content (AvgIpc) is 2.39. The molecule has 0 saturated heterocycles. The van der Waals surface area contributed by atoms with E-state index in [1.807, 2.05) is 31.3 Å². The zero-order valence-electron chi connectivity index (χ0n) is 10.6. The van der Waals surface area contributed by atoms with Crippen molar-refractivity contribution in [2.45, 2.75) is 19.9 Å². The number of hydrogen-bond donors (Lipinski definition) is 2. The molecule has 0 radical (unpaired) electrons. The number of aliphatic hydroxyl groups excluding tert-OH is 1. The summed E-state index contributed by atoms with van der Waals surface area (Å²) in [6, 6.07) is 12.3. The molecule has 1 aromatic heterocycles. The van der Waals surface area contributed by atoms with Gasteiger partial charge in [-0.05, 0) is 30.0 Å². The smallest absolute Gasteiger partial charge is 0.129 e. The summed E-state index contributed by atoms with van der Waals surface area (Å²) >= 11 is 0. The fraction of sp³-hybridized carbons (Fsp3) is 0.267. The number of benzene rings is 1. The Kier molecular flexibility index (Phi) is 4.31. The molecule has 0 aliphatic heterocycles. The summed E-state index contributed by atoms with van der Waals surface area (Å²) in [4.78, 5) is 4.39. The number of hydrogen-bond acceptors (Lipinski definition) is 3. The van der Waals surface area contributed by atoms with Crippen LogP contribution in [0.4, 0.5) is 5.82 Å². The van der Waals surface area contributed by atoms with Crippen LogP contribution in [0.2, 0.25) is 0 Å². The maximum atomic E-state index is 8.89. The maximum absolute atomic E-state index is 8.89. The van der Waals surface area contributed by atoms with Crippen molar-refractivity contribution >= 4 is 5.82 Å². The van der Waals surface area contributed by atoms with Crippen LogP contribution in [0.1, 0.15) is 16.7 Å². The molecule has 2 aromatic rings. The van der Waals surface area contributed by atoms with E-state index in [1.54, 1.807) is 0 Å². The average molecular weight is 242 g/mol. The Morgan fingerprint density at radius 1 is 1.17 bits per heavy atom. The standard InChI is InChI=1S/C15H18N2O/c1-12-9-14(7-8-18)11-17-15(12)16-10-13-5-3-2-4-6-13/h2-6,9,11,18H,7-8,10H2,1H3,(H,16,17). The van der Waals surface area contributed by atoms with Gasteiger partial charge in [0.15, 0.2) is 0 Å². The first-order chi connectivity index (χ1) is 8.79. The first kappa shape index (κ1) is 12.6. The third kappa shape index (κ3) is 3.31. The Bertz CT molecular complexity index is 497. The molecule has 0 spiro atoms. The Balaban J connectivity index is 2.01. The number of nitrogens with zero attached hydrogens (tertiary/aromatic N) is 1. The van der Waals surface area contributed by atoms with Gasteiger partial charge in [0.1, 0.15) is 5.82 Å². The SMILES string of the molecule is Cc1cc(CCO)cnc1NCc1ccccc1. The van der Waals surface area contributed by atoms with Crippen LogP contribution in [0.15, 0.2) is 42.6 Å². The Morgan fingerprint density at radius 3 is 2.61 bits per heavy atom. The van der Waals surface area contributed by atoms with Crippen LogP contribution in [0.25, 0.3) is 0 Å². The molecule has 18 heavy (non-hydrogen) atoms. The summed E-state index contributed by atoms with van der Waals surface area (Å²) in [5.41, 5.74) is 3.41. The molecule has 0 fully saturated rings. The predicted octanol–water partition coefficient (Wildman–Crippen LogP) is 2.54. The molecule has 1 aromatic carbocycles. The molecule has 0 bridgehead atoms. The van der Waals surface area contributed by atoms with E-state index in [1.165, 1.54) is 5.56 Å².